The van der Waals surface area contributed by atoms with Gasteiger partial charge in [-0.05, 0) is 6.16 Å². The van der Waals surface area contributed by atoms with Crippen molar-refractivity contribution in [1.29, 1.82) is 0 Å². The molecule has 4 nitrogen and oxygen atoms in total. The van der Waals surface area contributed by atoms with Crippen LogP contribution >= 0.6 is 9.24 Å². The highest BCUT2D eigenvalue weighted by Crippen LogP contribution is 2.03. The number of ether oxygens (including phenoxy) is 2. The van der Waals surface area contributed by atoms with Crippen LogP contribution in [0.5, 0.6) is 0 Å². The Morgan fingerprint density at radius 3 is 2.07 bits per heavy atom. The molecule has 2 unspecified atom stereocenters. The summed E-state index contributed by atoms with van der Waals surface area (Å²) in [6, 6.07) is 0. The first-order chi connectivity index (χ1) is 6.49. The van der Waals surface area contributed by atoms with Gasteiger partial charge in [0.1, 0.15) is 0 Å². The highest BCUT2D eigenvalue weighted by Gasteiger charge is 2.13. The first-order valence-electron chi connectivity index (χ1n) is 4.52. The fourth-order valence-electron chi connectivity index (χ4n) is 0.551. The van der Waals surface area contributed by atoms with Crippen LogP contribution < -0.4 is 0 Å². The van der Waals surface area contributed by atoms with E-state index in [0.717, 1.165) is 0 Å². The molecule has 0 N–H and O–H groups in total. The second-order valence-electron chi connectivity index (χ2n) is 3.34. The van der Waals surface area contributed by atoms with Crippen molar-refractivity contribution in [2.45, 2.75) is 20.8 Å². The first-order valence-corrected chi connectivity index (χ1v) is 5.34. The summed E-state index contributed by atoms with van der Waals surface area (Å²) in [5.74, 6) is -1.10. The molecule has 5 heteroatoms. The molecule has 0 heterocycles. The lowest BCUT2D eigenvalue weighted by molar-refractivity contribution is -0.171. The van der Waals surface area contributed by atoms with Gasteiger partial charge in [-0.3, -0.25) is 9.59 Å². The van der Waals surface area contributed by atoms with Crippen molar-refractivity contribution < 1.29 is 19.1 Å². The van der Waals surface area contributed by atoms with Gasteiger partial charge in [-0.2, -0.15) is 0 Å². The Balaban J connectivity index is 3.64. The molecule has 82 valence electrons. The molecule has 0 fully saturated rings. The molecule has 0 aliphatic carbocycles. The van der Waals surface area contributed by atoms with E-state index in [1.54, 1.807) is 20.8 Å². The smallest absolute Gasteiger partial charge is 0.311 e. The van der Waals surface area contributed by atoms with Gasteiger partial charge in [0.2, 0.25) is 6.79 Å². The molecule has 0 aromatic rings. The second kappa shape index (κ2) is 6.77. The van der Waals surface area contributed by atoms with Gasteiger partial charge in [0.15, 0.2) is 0 Å². The van der Waals surface area contributed by atoms with Crippen LogP contribution in [-0.2, 0) is 19.1 Å². The Bertz CT molecular complexity index is 203. The topological polar surface area (TPSA) is 52.6 Å². The van der Waals surface area contributed by atoms with Gasteiger partial charge in [0, 0.05) is 0 Å². The summed E-state index contributed by atoms with van der Waals surface area (Å²) in [6.07, 6.45) is 0.636. The van der Waals surface area contributed by atoms with Crippen molar-refractivity contribution in [3.8, 4) is 0 Å². The lowest BCUT2D eigenvalue weighted by atomic mass is 10.2. The number of hydrogen-bond acceptors (Lipinski definition) is 4. The third kappa shape index (κ3) is 5.18. The van der Waals surface area contributed by atoms with Gasteiger partial charge in [-0.1, -0.05) is 20.8 Å². The van der Waals surface area contributed by atoms with Gasteiger partial charge in [-0.15, -0.1) is 9.24 Å². The van der Waals surface area contributed by atoms with E-state index < -0.39 is 0 Å². The molecule has 0 aromatic carbocycles. The molecule has 0 amide bonds. The lowest BCUT2D eigenvalue weighted by Gasteiger charge is -2.10. The Morgan fingerprint density at radius 1 is 1.14 bits per heavy atom. The molecule has 2 atom stereocenters. The summed E-state index contributed by atoms with van der Waals surface area (Å²) in [5.41, 5.74) is 0. The molecule has 0 spiro atoms. The van der Waals surface area contributed by atoms with Crippen LogP contribution in [-0.4, -0.2) is 24.9 Å². The second-order valence-corrected chi connectivity index (χ2v) is 3.81. The van der Waals surface area contributed by atoms with Crippen LogP contribution in [0.2, 0.25) is 0 Å². The fourth-order valence-corrected chi connectivity index (χ4v) is 0.743. The Kier molecular flexibility index (Phi) is 6.46. The van der Waals surface area contributed by atoms with E-state index >= 15 is 0 Å². The molecule has 0 aliphatic heterocycles. The summed E-state index contributed by atoms with van der Waals surface area (Å²) >= 11 is 0. The number of esters is 2. The minimum atomic E-state index is -0.365. The molecular weight excluding hydrogens is 203 g/mol. The quantitative estimate of drug-likeness (QED) is 0.397. The van der Waals surface area contributed by atoms with Gasteiger partial charge < -0.3 is 9.47 Å². The van der Waals surface area contributed by atoms with Crippen LogP contribution in [0.1, 0.15) is 20.8 Å². The predicted molar refractivity (Wildman–Crippen MR) is 55.6 cm³/mol. The predicted octanol–water partition coefficient (Wildman–Crippen LogP) is 1.20. The zero-order valence-electron chi connectivity index (χ0n) is 8.78. The maximum absolute atomic E-state index is 11.1. The van der Waals surface area contributed by atoms with Crippen LogP contribution in [0.4, 0.5) is 0 Å². The van der Waals surface area contributed by atoms with Crippen LogP contribution in [0.15, 0.2) is 0 Å². The zero-order chi connectivity index (χ0) is 11.1. The molecule has 0 saturated heterocycles. The van der Waals surface area contributed by atoms with E-state index in [-0.39, 0.29) is 30.6 Å². The van der Waals surface area contributed by atoms with Crippen molar-refractivity contribution in [1.82, 2.24) is 0 Å². The highest BCUT2D eigenvalue weighted by atomic mass is 31.0. The summed E-state index contributed by atoms with van der Waals surface area (Å²) in [5, 5.41) is 0. The van der Waals surface area contributed by atoms with E-state index in [0.29, 0.717) is 6.16 Å². The minimum absolute atomic E-state index is 0.183. The number of carbonyl (C=O) groups is 2. The molecule has 0 saturated carbocycles. The monoisotopic (exact) mass is 220 g/mol. The van der Waals surface area contributed by atoms with Crippen molar-refractivity contribution >= 4 is 21.2 Å². The normalized spacial score (nSPS) is 12.4. The zero-order valence-corrected chi connectivity index (χ0v) is 9.93. The highest BCUT2D eigenvalue weighted by molar-refractivity contribution is 7.16. The lowest BCUT2D eigenvalue weighted by Crippen LogP contribution is -2.20. The van der Waals surface area contributed by atoms with Crippen molar-refractivity contribution in [3.63, 3.8) is 0 Å². The molecule has 0 aromatic heterocycles. The van der Waals surface area contributed by atoms with E-state index in [2.05, 4.69) is 14.0 Å². The Morgan fingerprint density at radius 2 is 1.64 bits per heavy atom. The molecular formula is C9H17O4P. The van der Waals surface area contributed by atoms with Crippen LogP contribution in [0, 0.1) is 11.8 Å². The maximum atomic E-state index is 11.1. The van der Waals surface area contributed by atoms with Gasteiger partial charge >= 0.3 is 11.9 Å². The van der Waals surface area contributed by atoms with Gasteiger partial charge in [0.05, 0.1) is 11.8 Å². The largest absolute Gasteiger partial charge is 0.428 e. The third-order valence-electron chi connectivity index (χ3n) is 1.63. The molecule has 0 aliphatic rings. The minimum Gasteiger partial charge on any atom is -0.428 e. The van der Waals surface area contributed by atoms with Gasteiger partial charge in [-0.25, -0.2) is 0 Å². The summed E-state index contributed by atoms with van der Waals surface area (Å²) < 4.78 is 9.40. The summed E-state index contributed by atoms with van der Waals surface area (Å²) in [6.45, 7) is 4.90. The third-order valence-corrected chi connectivity index (χ3v) is 2.34. The average molecular weight is 220 g/mol. The molecule has 0 radical (unpaired) electrons. The van der Waals surface area contributed by atoms with Crippen molar-refractivity contribution in [3.05, 3.63) is 0 Å². The standard InChI is InChI=1S/C9H17O4P/c1-6(2)8(10)12-5-13-9(11)7(3)4-14/h6-7H,4-5,14H2,1-3H3. The average Bonchev–Trinajstić information content (AvgIpc) is 2.15. The van der Waals surface area contributed by atoms with Crippen molar-refractivity contribution in [2.75, 3.05) is 13.0 Å². The van der Waals surface area contributed by atoms with E-state index in [1.165, 1.54) is 0 Å². The first kappa shape index (κ1) is 13.4. The van der Waals surface area contributed by atoms with Crippen LogP contribution in [0.25, 0.3) is 0 Å². The Labute approximate surface area is 86.5 Å². The number of rotatable bonds is 5. The molecule has 14 heavy (non-hydrogen) atoms. The molecule has 0 bridgehead atoms. The van der Waals surface area contributed by atoms with E-state index in [9.17, 15) is 9.59 Å². The van der Waals surface area contributed by atoms with E-state index in [4.69, 9.17) is 4.74 Å². The van der Waals surface area contributed by atoms with Crippen molar-refractivity contribution in [2.24, 2.45) is 11.8 Å². The SMILES string of the molecule is CC(C)C(=O)OCOC(=O)C(C)CP. The fraction of sp³-hybridized carbons (Fsp3) is 0.778. The van der Waals surface area contributed by atoms with Crippen LogP contribution in [0.3, 0.4) is 0 Å². The van der Waals surface area contributed by atoms with E-state index in [1.807, 2.05) is 0 Å². The maximum Gasteiger partial charge on any atom is 0.311 e. The molecule has 0 rings (SSSR count). The summed E-state index contributed by atoms with van der Waals surface area (Å²) in [7, 11) is 2.45. The summed E-state index contributed by atoms with van der Waals surface area (Å²) in [4.78, 5) is 22.0. The number of carbonyl (C=O) groups excluding carboxylic acids is 2. The Hall–Kier alpha value is -0.630. The van der Waals surface area contributed by atoms with Gasteiger partial charge in [0.25, 0.3) is 0 Å². The number of hydrogen-bond donors (Lipinski definition) is 0.